The first-order chi connectivity index (χ1) is 10.0. The summed E-state index contributed by atoms with van der Waals surface area (Å²) in [5.74, 6) is 0. The Kier molecular flexibility index (Phi) is 6.82. The molecule has 0 N–H and O–H groups in total. The van der Waals surface area contributed by atoms with Crippen molar-refractivity contribution in [3.05, 3.63) is 0 Å². The number of nitrogens with zero attached hydrogens (tertiary/aromatic N) is 1. The Morgan fingerprint density at radius 1 is 1.05 bits per heavy atom. The highest BCUT2D eigenvalue weighted by molar-refractivity contribution is 4.93. The lowest BCUT2D eigenvalue weighted by Crippen LogP contribution is -2.44. The van der Waals surface area contributed by atoms with Crippen molar-refractivity contribution in [3.63, 3.8) is 0 Å². The van der Waals surface area contributed by atoms with Crippen LogP contribution in [0.5, 0.6) is 0 Å². The van der Waals surface area contributed by atoms with Crippen LogP contribution in [-0.4, -0.2) is 48.8 Å². The van der Waals surface area contributed by atoms with Gasteiger partial charge in [-0.1, -0.05) is 0 Å². The Bertz CT molecular complexity index is 378. The molecule has 1 aliphatic heterocycles. The van der Waals surface area contributed by atoms with E-state index in [0.717, 1.165) is 0 Å². The highest BCUT2D eigenvalue weighted by Crippen LogP contribution is 2.30. The molecule has 5 nitrogen and oxygen atoms in total. The molecule has 0 saturated carbocycles. The normalized spacial score (nSPS) is 29.5. The molecule has 0 aromatic carbocycles. The van der Waals surface area contributed by atoms with Gasteiger partial charge in [0.1, 0.15) is 18.3 Å². The molecule has 0 amide bonds. The van der Waals surface area contributed by atoms with E-state index in [-0.39, 0.29) is 35.6 Å². The SMILES string of the molecule is C[C@@H]1O[C@H](COC(C)(C)C)[C@H](OC(C)(C)C)C1OCCC#N. The number of hydrogen-bond acceptors (Lipinski definition) is 5. The van der Waals surface area contributed by atoms with Gasteiger partial charge in [-0.3, -0.25) is 0 Å². The lowest BCUT2D eigenvalue weighted by atomic mass is 10.1. The Morgan fingerprint density at radius 3 is 2.18 bits per heavy atom. The van der Waals surface area contributed by atoms with Crippen LogP contribution in [0.25, 0.3) is 0 Å². The van der Waals surface area contributed by atoms with Crippen molar-refractivity contribution in [3.8, 4) is 6.07 Å². The summed E-state index contributed by atoms with van der Waals surface area (Å²) in [6.07, 6.45) is -0.258. The van der Waals surface area contributed by atoms with Crippen molar-refractivity contribution >= 4 is 0 Å². The topological polar surface area (TPSA) is 60.7 Å². The standard InChI is InChI=1S/C17H31NO4/c1-12-14(19-10-8-9-18)15(22-17(5,6)7)13(21-12)11-20-16(2,3)4/h12-15H,8,10-11H2,1-7H3/t12-,13+,14?,15-/m0/s1. The summed E-state index contributed by atoms with van der Waals surface area (Å²) in [5, 5.41) is 8.67. The molecule has 1 unspecified atom stereocenters. The number of nitriles is 1. The van der Waals surface area contributed by atoms with Crippen LogP contribution in [0, 0.1) is 11.3 Å². The van der Waals surface area contributed by atoms with Gasteiger partial charge in [-0.05, 0) is 48.5 Å². The zero-order chi connectivity index (χ0) is 17.0. The monoisotopic (exact) mass is 313 g/mol. The average Bonchev–Trinajstić information content (AvgIpc) is 2.62. The zero-order valence-electron chi connectivity index (χ0n) is 15.0. The minimum absolute atomic E-state index is 0.0837. The molecule has 0 aromatic heterocycles. The first-order valence-corrected chi connectivity index (χ1v) is 7.99. The molecule has 0 aliphatic carbocycles. The Hall–Kier alpha value is -0.670. The molecule has 1 fully saturated rings. The molecule has 5 heteroatoms. The summed E-state index contributed by atoms with van der Waals surface area (Å²) in [6, 6.07) is 2.09. The fraction of sp³-hybridized carbons (Fsp3) is 0.941. The summed E-state index contributed by atoms with van der Waals surface area (Å²) >= 11 is 0. The first-order valence-electron chi connectivity index (χ1n) is 7.99. The Morgan fingerprint density at radius 2 is 1.68 bits per heavy atom. The molecule has 0 radical (unpaired) electrons. The van der Waals surface area contributed by atoms with Gasteiger partial charge in [0.2, 0.25) is 0 Å². The van der Waals surface area contributed by atoms with Gasteiger partial charge in [-0.25, -0.2) is 0 Å². The van der Waals surface area contributed by atoms with Crippen LogP contribution in [0.3, 0.4) is 0 Å². The van der Waals surface area contributed by atoms with Gasteiger partial charge in [-0.2, -0.15) is 5.26 Å². The quantitative estimate of drug-likeness (QED) is 0.705. The van der Waals surface area contributed by atoms with Crippen LogP contribution in [0.2, 0.25) is 0 Å². The summed E-state index contributed by atoms with van der Waals surface area (Å²) in [4.78, 5) is 0. The molecule has 0 bridgehead atoms. The van der Waals surface area contributed by atoms with E-state index in [1.54, 1.807) is 0 Å². The van der Waals surface area contributed by atoms with E-state index in [1.807, 2.05) is 48.5 Å². The molecule has 22 heavy (non-hydrogen) atoms. The van der Waals surface area contributed by atoms with Crippen molar-refractivity contribution < 1.29 is 18.9 Å². The van der Waals surface area contributed by atoms with Gasteiger partial charge in [0.05, 0.1) is 43.0 Å². The molecular weight excluding hydrogens is 282 g/mol. The van der Waals surface area contributed by atoms with Gasteiger partial charge >= 0.3 is 0 Å². The maximum Gasteiger partial charge on any atom is 0.115 e. The van der Waals surface area contributed by atoms with Gasteiger partial charge < -0.3 is 18.9 Å². The van der Waals surface area contributed by atoms with Gasteiger partial charge in [0.15, 0.2) is 0 Å². The van der Waals surface area contributed by atoms with Crippen molar-refractivity contribution in [2.75, 3.05) is 13.2 Å². The summed E-state index contributed by atoms with van der Waals surface area (Å²) in [5.41, 5.74) is -0.520. The molecule has 1 heterocycles. The number of hydrogen-bond donors (Lipinski definition) is 0. The van der Waals surface area contributed by atoms with Crippen molar-refractivity contribution in [1.29, 1.82) is 5.26 Å². The summed E-state index contributed by atoms with van der Waals surface area (Å²) in [7, 11) is 0. The molecule has 1 aliphatic rings. The van der Waals surface area contributed by atoms with Gasteiger partial charge in [-0.15, -0.1) is 0 Å². The van der Waals surface area contributed by atoms with Crippen LogP contribution < -0.4 is 0 Å². The molecular formula is C17H31NO4. The van der Waals surface area contributed by atoms with Gasteiger partial charge in [0, 0.05) is 0 Å². The maximum absolute atomic E-state index is 8.67. The van der Waals surface area contributed by atoms with E-state index in [0.29, 0.717) is 19.6 Å². The smallest absolute Gasteiger partial charge is 0.115 e. The highest BCUT2D eigenvalue weighted by Gasteiger charge is 2.46. The van der Waals surface area contributed by atoms with Crippen LogP contribution in [-0.2, 0) is 18.9 Å². The fourth-order valence-corrected chi connectivity index (χ4v) is 2.40. The Labute approximate surface area is 134 Å². The summed E-state index contributed by atoms with van der Waals surface area (Å²) in [6.45, 7) is 15.0. The molecule has 0 aromatic rings. The third kappa shape index (κ3) is 6.62. The minimum atomic E-state index is -0.297. The third-order valence-electron chi connectivity index (χ3n) is 3.24. The van der Waals surface area contributed by atoms with E-state index in [1.165, 1.54) is 0 Å². The number of rotatable bonds is 6. The molecule has 4 atom stereocenters. The van der Waals surface area contributed by atoms with Crippen LogP contribution in [0.4, 0.5) is 0 Å². The number of ether oxygens (including phenoxy) is 4. The van der Waals surface area contributed by atoms with Crippen LogP contribution in [0.15, 0.2) is 0 Å². The van der Waals surface area contributed by atoms with E-state index in [4.69, 9.17) is 24.2 Å². The highest BCUT2D eigenvalue weighted by atomic mass is 16.6. The lowest BCUT2D eigenvalue weighted by Gasteiger charge is -2.32. The maximum atomic E-state index is 8.67. The molecule has 0 spiro atoms. The second kappa shape index (κ2) is 7.74. The average molecular weight is 313 g/mol. The van der Waals surface area contributed by atoms with E-state index in [2.05, 4.69) is 6.07 Å². The largest absolute Gasteiger partial charge is 0.373 e. The van der Waals surface area contributed by atoms with Crippen LogP contribution >= 0.6 is 0 Å². The molecule has 128 valence electrons. The Balaban J connectivity index is 2.75. The van der Waals surface area contributed by atoms with Crippen LogP contribution in [0.1, 0.15) is 54.9 Å². The van der Waals surface area contributed by atoms with E-state index < -0.39 is 0 Å². The van der Waals surface area contributed by atoms with Crippen molar-refractivity contribution in [2.24, 2.45) is 0 Å². The van der Waals surface area contributed by atoms with Gasteiger partial charge in [0.25, 0.3) is 0 Å². The predicted octanol–water partition coefficient (Wildman–Crippen LogP) is 3.07. The second-order valence-electron chi connectivity index (χ2n) is 7.74. The van der Waals surface area contributed by atoms with E-state index >= 15 is 0 Å². The zero-order valence-corrected chi connectivity index (χ0v) is 15.0. The first kappa shape index (κ1) is 19.4. The third-order valence-corrected chi connectivity index (χ3v) is 3.24. The van der Waals surface area contributed by atoms with E-state index in [9.17, 15) is 0 Å². The predicted molar refractivity (Wildman–Crippen MR) is 84.6 cm³/mol. The second-order valence-corrected chi connectivity index (χ2v) is 7.74. The van der Waals surface area contributed by atoms with Crippen molar-refractivity contribution in [2.45, 2.75) is 90.5 Å². The lowest BCUT2D eigenvalue weighted by molar-refractivity contribution is -0.143. The minimum Gasteiger partial charge on any atom is -0.373 e. The fourth-order valence-electron chi connectivity index (χ4n) is 2.40. The molecule has 1 rings (SSSR count). The van der Waals surface area contributed by atoms with Crippen molar-refractivity contribution in [1.82, 2.24) is 0 Å². The molecule has 1 saturated heterocycles. The summed E-state index contributed by atoms with van der Waals surface area (Å²) < 4.78 is 23.9.